The van der Waals surface area contributed by atoms with Gasteiger partial charge in [0.2, 0.25) is 5.95 Å². The fraction of sp³-hybridized carbons (Fsp3) is 0.636. The van der Waals surface area contributed by atoms with Crippen LogP contribution in [0.3, 0.4) is 0 Å². The molecule has 0 fully saturated rings. The van der Waals surface area contributed by atoms with Crippen LogP contribution in [-0.2, 0) is 4.74 Å². The van der Waals surface area contributed by atoms with Crippen molar-refractivity contribution < 1.29 is 4.74 Å². The molecule has 17 heavy (non-hydrogen) atoms. The Labute approximate surface area is 107 Å². The van der Waals surface area contributed by atoms with E-state index < -0.39 is 0 Å². The van der Waals surface area contributed by atoms with Crippen LogP contribution in [0.25, 0.3) is 0 Å². The molecule has 0 spiro atoms. The molecule has 1 rings (SSSR count). The molecule has 1 aromatic rings. The lowest BCUT2D eigenvalue weighted by molar-refractivity contribution is 0.182. The van der Waals surface area contributed by atoms with Gasteiger partial charge in [-0.3, -0.25) is 0 Å². The van der Waals surface area contributed by atoms with Gasteiger partial charge in [0.05, 0.1) is 12.6 Å². The van der Waals surface area contributed by atoms with E-state index in [0.717, 1.165) is 19.3 Å². The molecule has 1 atom stereocenters. The second-order valence-electron chi connectivity index (χ2n) is 3.87. The molecule has 0 aliphatic rings. The molecule has 0 amide bonds. The van der Waals surface area contributed by atoms with Crippen molar-refractivity contribution in [3.05, 3.63) is 11.2 Å². The average Bonchev–Trinajstić information content (AvgIpc) is 2.24. The van der Waals surface area contributed by atoms with Crippen molar-refractivity contribution in [2.45, 2.75) is 32.2 Å². The van der Waals surface area contributed by atoms with E-state index in [9.17, 15) is 0 Å². The van der Waals surface area contributed by atoms with E-state index in [1.165, 1.54) is 0 Å². The molecule has 0 aliphatic carbocycles. The molecule has 1 unspecified atom stereocenters. The van der Waals surface area contributed by atoms with Crippen LogP contribution in [0.4, 0.5) is 11.8 Å². The largest absolute Gasteiger partial charge is 0.383 e. The predicted octanol–water partition coefficient (Wildman–Crippen LogP) is 2.33. The van der Waals surface area contributed by atoms with E-state index in [-0.39, 0.29) is 12.0 Å². The van der Waals surface area contributed by atoms with Gasteiger partial charge >= 0.3 is 0 Å². The van der Waals surface area contributed by atoms with Gasteiger partial charge in [-0.05, 0) is 6.42 Å². The van der Waals surface area contributed by atoms with Gasteiger partial charge < -0.3 is 15.8 Å². The lowest BCUT2D eigenvalue weighted by atomic mass is 10.1. The maximum Gasteiger partial charge on any atom is 0.223 e. The topological polar surface area (TPSA) is 73.1 Å². The van der Waals surface area contributed by atoms with Gasteiger partial charge in [0.1, 0.15) is 11.0 Å². The SMILES string of the molecule is CCCCC(COC)Nc1cc(Cl)nc(N)n1. The predicted molar refractivity (Wildman–Crippen MR) is 70.3 cm³/mol. The van der Waals surface area contributed by atoms with E-state index in [1.807, 2.05) is 0 Å². The number of nitrogens with two attached hydrogens (primary N) is 1. The summed E-state index contributed by atoms with van der Waals surface area (Å²) in [5.74, 6) is 0.812. The van der Waals surface area contributed by atoms with E-state index in [1.54, 1.807) is 13.2 Å². The van der Waals surface area contributed by atoms with Crippen molar-refractivity contribution in [3.63, 3.8) is 0 Å². The number of nitrogens with zero attached hydrogens (tertiary/aromatic N) is 2. The summed E-state index contributed by atoms with van der Waals surface area (Å²) >= 11 is 5.81. The van der Waals surface area contributed by atoms with Gasteiger partial charge in [0.25, 0.3) is 0 Å². The first-order valence-corrected chi connectivity index (χ1v) is 6.09. The lowest BCUT2D eigenvalue weighted by Gasteiger charge is -2.18. The smallest absolute Gasteiger partial charge is 0.223 e. The monoisotopic (exact) mass is 258 g/mol. The van der Waals surface area contributed by atoms with Crippen molar-refractivity contribution in [1.29, 1.82) is 0 Å². The van der Waals surface area contributed by atoms with Crippen LogP contribution >= 0.6 is 11.6 Å². The summed E-state index contributed by atoms with van der Waals surface area (Å²) < 4.78 is 5.16. The van der Waals surface area contributed by atoms with Gasteiger partial charge in [0, 0.05) is 13.2 Å². The molecular weight excluding hydrogens is 240 g/mol. The van der Waals surface area contributed by atoms with Gasteiger partial charge in [0.15, 0.2) is 0 Å². The molecule has 0 bridgehead atoms. The van der Waals surface area contributed by atoms with Crippen LogP contribution in [0.15, 0.2) is 6.07 Å². The highest BCUT2D eigenvalue weighted by molar-refractivity contribution is 6.29. The summed E-state index contributed by atoms with van der Waals surface area (Å²) in [6.07, 6.45) is 3.30. The number of ether oxygens (including phenoxy) is 1. The first kappa shape index (κ1) is 14.0. The van der Waals surface area contributed by atoms with E-state index in [2.05, 4.69) is 22.2 Å². The third-order valence-corrected chi connectivity index (χ3v) is 2.53. The lowest BCUT2D eigenvalue weighted by Crippen LogP contribution is -2.25. The zero-order valence-corrected chi connectivity index (χ0v) is 11.0. The summed E-state index contributed by atoms with van der Waals surface area (Å²) in [5, 5.41) is 3.60. The summed E-state index contributed by atoms with van der Waals surface area (Å²) in [5.41, 5.74) is 5.53. The molecule has 0 saturated carbocycles. The Balaban J connectivity index is 2.63. The molecule has 6 heteroatoms. The number of nitrogen functional groups attached to an aromatic ring is 1. The van der Waals surface area contributed by atoms with E-state index in [4.69, 9.17) is 22.1 Å². The fourth-order valence-electron chi connectivity index (χ4n) is 1.57. The number of nitrogens with one attached hydrogen (secondary N) is 1. The first-order valence-electron chi connectivity index (χ1n) is 5.71. The Hall–Kier alpha value is -1.07. The first-order chi connectivity index (χ1) is 8.15. The molecular formula is C11H19ClN4O. The van der Waals surface area contributed by atoms with Gasteiger partial charge in [-0.25, -0.2) is 4.98 Å². The van der Waals surface area contributed by atoms with Crippen LogP contribution in [-0.4, -0.2) is 29.7 Å². The second kappa shape index (κ2) is 7.29. The number of hydrogen-bond acceptors (Lipinski definition) is 5. The number of anilines is 2. The van der Waals surface area contributed by atoms with Gasteiger partial charge in [-0.1, -0.05) is 31.4 Å². The average molecular weight is 259 g/mol. The standard InChI is InChI=1S/C11H19ClN4O/c1-3-4-5-8(7-17-2)14-10-6-9(12)15-11(13)16-10/h6,8H,3-5,7H2,1-2H3,(H3,13,14,15,16). The number of halogens is 1. The van der Waals surface area contributed by atoms with Crippen LogP contribution in [0.1, 0.15) is 26.2 Å². The Bertz CT molecular complexity index is 328. The van der Waals surface area contributed by atoms with Crippen LogP contribution in [0.2, 0.25) is 5.15 Å². The Morgan fingerprint density at radius 3 is 2.88 bits per heavy atom. The number of methoxy groups -OCH3 is 1. The molecule has 0 aliphatic heterocycles. The van der Waals surface area contributed by atoms with Crippen molar-refractivity contribution in [1.82, 2.24) is 9.97 Å². The Morgan fingerprint density at radius 2 is 2.29 bits per heavy atom. The third kappa shape index (κ3) is 5.19. The summed E-state index contributed by atoms with van der Waals surface area (Å²) in [7, 11) is 1.68. The minimum atomic E-state index is 0.173. The summed E-state index contributed by atoms with van der Waals surface area (Å²) in [6, 6.07) is 1.87. The molecule has 1 heterocycles. The van der Waals surface area contributed by atoms with E-state index in [0.29, 0.717) is 17.6 Å². The highest BCUT2D eigenvalue weighted by Gasteiger charge is 2.09. The van der Waals surface area contributed by atoms with Crippen molar-refractivity contribution in [2.75, 3.05) is 24.8 Å². The minimum Gasteiger partial charge on any atom is -0.383 e. The van der Waals surface area contributed by atoms with Crippen molar-refractivity contribution in [2.24, 2.45) is 0 Å². The van der Waals surface area contributed by atoms with Crippen molar-refractivity contribution in [3.8, 4) is 0 Å². The number of aromatic nitrogens is 2. The highest BCUT2D eigenvalue weighted by atomic mass is 35.5. The number of hydrogen-bond donors (Lipinski definition) is 2. The molecule has 0 aromatic carbocycles. The normalized spacial score (nSPS) is 12.4. The maximum atomic E-state index is 5.81. The van der Waals surface area contributed by atoms with Crippen LogP contribution < -0.4 is 11.1 Å². The quantitative estimate of drug-likeness (QED) is 0.735. The number of unbranched alkanes of at least 4 members (excludes halogenated alkanes) is 1. The molecule has 5 nitrogen and oxygen atoms in total. The Morgan fingerprint density at radius 1 is 1.53 bits per heavy atom. The minimum absolute atomic E-state index is 0.173. The molecule has 96 valence electrons. The van der Waals surface area contributed by atoms with E-state index >= 15 is 0 Å². The summed E-state index contributed by atoms with van der Waals surface area (Å²) in [4.78, 5) is 7.89. The second-order valence-corrected chi connectivity index (χ2v) is 4.26. The fourth-order valence-corrected chi connectivity index (χ4v) is 1.76. The molecule has 0 radical (unpaired) electrons. The molecule has 1 aromatic heterocycles. The molecule has 0 saturated heterocycles. The summed E-state index contributed by atoms with van der Waals surface area (Å²) in [6.45, 7) is 2.78. The van der Waals surface area contributed by atoms with Gasteiger partial charge in [-0.15, -0.1) is 0 Å². The molecule has 3 N–H and O–H groups in total. The van der Waals surface area contributed by atoms with Crippen LogP contribution in [0, 0.1) is 0 Å². The zero-order valence-electron chi connectivity index (χ0n) is 10.2. The third-order valence-electron chi connectivity index (χ3n) is 2.34. The van der Waals surface area contributed by atoms with Crippen LogP contribution in [0.5, 0.6) is 0 Å². The zero-order chi connectivity index (χ0) is 12.7. The number of rotatable bonds is 7. The Kier molecular flexibility index (Phi) is 6.00. The maximum absolute atomic E-state index is 5.81. The highest BCUT2D eigenvalue weighted by Crippen LogP contribution is 2.15. The van der Waals surface area contributed by atoms with Crippen molar-refractivity contribution >= 4 is 23.4 Å². The van der Waals surface area contributed by atoms with Gasteiger partial charge in [-0.2, -0.15) is 4.98 Å².